The fraction of sp³-hybridized carbons (Fsp3) is 0.929. The molecule has 1 saturated carbocycles. The van der Waals surface area contributed by atoms with Gasteiger partial charge in [0.25, 0.3) is 0 Å². The lowest BCUT2D eigenvalue weighted by molar-refractivity contribution is -0.137. The van der Waals surface area contributed by atoms with Crippen molar-refractivity contribution in [3.05, 3.63) is 0 Å². The second-order valence-electron chi connectivity index (χ2n) is 6.15. The molecule has 7 heteroatoms. The summed E-state index contributed by atoms with van der Waals surface area (Å²) in [7, 11) is -3.14. The molecule has 0 atom stereocenters. The van der Waals surface area contributed by atoms with E-state index in [1.54, 1.807) is 0 Å². The third-order valence-corrected chi connectivity index (χ3v) is 6.60. The lowest BCUT2D eigenvalue weighted by Crippen LogP contribution is -2.52. The number of sulfonamides is 1. The summed E-state index contributed by atoms with van der Waals surface area (Å²) in [5.41, 5.74) is 5.87. The summed E-state index contributed by atoms with van der Waals surface area (Å²) < 4.78 is 25.5. The summed E-state index contributed by atoms with van der Waals surface area (Å²) in [6.45, 7) is 3.76. The van der Waals surface area contributed by atoms with E-state index in [-0.39, 0.29) is 23.6 Å². The standard InChI is InChI=1S/C14H27N3O3S/c1-2-11-21(19,20)17-9-7-16(8-10-17)14(18)12-3-5-13(15)6-4-12/h12-13H,2-11,15H2,1H3. The van der Waals surface area contributed by atoms with Crippen LogP contribution < -0.4 is 5.73 Å². The molecule has 0 aromatic carbocycles. The Bertz CT molecular complexity index is 450. The van der Waals surface area contributed by atoms with Gasteiger partial charge in [-0.25, -0.2) is 8.42 Å². The Hall–Kier alpha value is -0.660. The topological polar surface area (TPSA) is 83.7 Å². The van der Waals surface area contributed by atoms with Crippen molar-refractivity contribution < 1.29 is 13.2 Å². The highest BCUT2D eigenvalue weighted by molar-refractivity contribution is 7.89. The average molecular weight is 317 g/mol. The Labute approximate surface area is 127 Å². The quantitative estimate of drug-likeness (QED) is 0.813. The van der Waals surface area contributed by atoms with Crippen LogP contribution in [0.2, 0.25) is 0 Å². The molecule has 0 spiro atoms. The van der Waals surface area contributed by atoms with Crippen molar-refractivity contribution in [2.24, 2.45) is 11.7 Å². The highest BCUT2D eigenvalue weighted by Crippen LogP contribution is 2.25. The van der Waals surface area contributed by atoms with Gasteiger partial charge in [0.2, 0.25) is 15.9 Å². The fourth-order valence-corrected chi connectivity index (χ4v) is 4.69. The van der Waals surface area contributed by atoms with Crippen LogP contribution in [-0.4, -0.2) is 61.5 Å². The highest BCUT2D eigenvalue weighted by atomic mass is 32.2. The minimum Gasteiger partial charge on any atom is -0.340 e. The zero-order chi connectivity index (χ0) is 15.5. The number of carbonyl (C=O) groups is 1. The number of nitrogens with two attached hydrogens (primary N) is 1. The molecule has 2 N–H and O–H groups in total. The Morgan fingerprint density at radius 2 is 1.67 bits per heavy atom. The van der Waals surface area contributed by atoms with E-state index in [0.717, 1.165) is 25.7 Å². The molecule has 2 rings (SSSR count). The van der Waals surface area contributed by atoms with E-state index in [9.17, 15) is 13.2 Å². The van der Waals surface area contributed by atoms with Crippen molar-refractivity contribution >= 4 is 15.9 Å². The molecule has 0 aromatic heterocycles. The first kappa shape index (κ1) is 16.7. The minimum atomic E-state index is -3.14. The zero-order valence-corrected chi connectivity index (χ0v) is 13.6. The maximum atomic E-state index is 12.5. The van der Waals surface area contributed by atoms with Gasteiger partial charge >= 0.3 is 0 Å². The molecule has 21 heavy (non-hydrogen) atoms. The molecule has 1 amide bonds. The van der Waals surface area contributed by atoms with Gasteiger partial charge in [-0.15, -0.1) is 0 Å². The minimum absolute atomic E-state index is 0.0867. The van der Waals surface area contributed by atoms with Gasteiger partial charge in [0.15, 0.2) is 0 Å². The Kier molecular flexibility index (Phi) is 5.62. The molecule has 0 aromatic rings. The smallest absolute Gasteiger partial charge is 0.225 e. The van der Waals surface area contributed by atoms with Crippen molar-refractivity contribution in [1.82, 2.24) is 9.21 Å². The molecular weight excluding hydrogens is 290 g/mol. The van der Waals surface area contributed by atoms with Gasteiger partial charge in [0.1, 0.15) is 0 Å². The normalized spacial score (nSPS) is 28.6. The van der Waals surface area contributed by atoms with Crippen LogP contribution in [0.25, 0.3) is 0 Å². The number of carbonyl (C=O) groups excluding carboxylic acids is 1. The molecule has 0 unspecified atom stereocenters. The zero-order valence-electron chi connectivity index (χ0n) is 12.8. The van der Waals surface area contributed by atoms with Gasteiger partial charge in [0, 0.05) is 38.1 Å². The maximum absolute atomic E-state index is 12.5. The monoisotopic (exact) mass is 317 g/mol. The number of nitrogens with zero attached hydrogens (tertiary/aromatic N) is 2. The summed E-state index contributed by atoms with van der Waals surface area (Å²) in [6.07, 6.45) is 4.20. The third-order valence-electron chi connectivity index (χ3n) is 4.53. The third kappa shape index (κ3) is 4.17. The number of hydrogen-bond acceptors (Lipinski definition) is 4. The lowest BCUT2D eigenvalue weighted by Gasteiger charge is -2.37. The first-order chi connectivity index (χ1) is 9.94. The van der Waals surface area contributed by atoms with Gasteiger partial charge in [-0.1, -0.05) is 6.92 Å². The van der Waals surface area contributed by atoms with E-state index in [0.29, 0.717) is 32.6 Å². The Morgan fingerprint density at radius 1 is 1.10 bits per heavy atom. The molecule has 2 aliphatic rings. The number of amides is 1. The molecule has 2 fully saturated rings. The van der Waals surface area contributed by atoms with Crippen LogP contribution in [0.5, 0.6) is 0 Å². The number of rotatable bonds is 4. The van der Waals surface area contributed by atoms with E-state index < -0.39 is 10.0 Å². The van der Waals surface area contributed by atoms with Crippen LogP contribution in [0.15, 0.2) is 0 Å². The summed E-state index contributed by atoms with van der Waals surface area (Å²) >= 11 is 0. The summed E-state index contributed by atoms with van der Waals surface area (Å²) in [4.78, 5) is 14.3. The first-order valence-electron chi connectivity index (χ1n) is 7.96. The van der Waals surface area contributed by atoms with Crippen molar-refractivity contribution in [2.75, 3.05) is 31.9 Å². The van der Waals surface area contributed by atoms with Crippen LogP contribution in [0.1, 0.15) is 39.0 Å². The molecular formula is C14H27N3O3S. The van der Waals surface area contributed by atoms with Crippen molar-refractivity contribution in [3.8, 4) is 0 Å². The summed E-state index contributed by atoms with van der Waals surface area (Å²) in [5.74, 6) is 0.472. The summed E-state index contributed by atoms with van der Waals surface area (Å²) in [5, 5.41) is 0. The van der Waals surface area contributed by atoms with Crippen molar-refractivity contribution in [3.63, 3.8) is 0 Å². The predicted molar refractivity (Wildman–Crippen MR) is 82.2 cm³/mol. The molecule has 1 heterocycles. The molecule has 6 nitrogen and oxygen atoms in total. The second-order valence-corrected chi connectivity index (χ2v) is 8.24. The van der Waals surface area contributed by atoms with Gasteiger partial charge in [-0.3, -0.25) is 4.79 Å². The van der Waals surface area contributed by atoms with Gasteiger partial charge in [-0.2, -0.15) is 4.31 Å². The van der Waals surface area contributed by atoms with Crippen LogP contribution in [0.4, 0.5) is 0 Å². The van der Waals surface area contributed by atoms with Crippen LogP contribution >= 0.6 is 0 Å². The first-order valence-corrected chi connectivity index (χ1v) is 9.57. The van der Waals surface area contributed by atoms with Gasteiger partial charge < -0.3 is 10.6 Å². The van der Waals surface area contributed by atoms with Crippen LogP contribution in [0, 0.1) is 5.92 Å². The van der Waals surface area contributed by atoms with E-state index in [1.807, 2.05) is 11.8 Å². The molecule has 1 aliphatic carbocycles. The van der Waals surface area contributed by atoms with E-state index in [2.05, 4.69) is 0 Å². The SMILES string of the molecule is CCCS(=O)(=O)N1CCN(C(=O)C2CCC(N)CC2)CC1. The van der Waals surface area contributed by atoms with Crippen LogP contribution in [0.3, 0.4) is 0 Å². The fourth-order valence-electron chi connectivity index (χ4n) is 3.20. The van der Waals surface area contributed by atoms with Gasteiger partial charge in [-0.05, 0) is 32.1 Å². The van der Waals surface area contributed by atoms with Gasteiger partial charge in [0.05, 0.1) is 5.75 Å². The lowest BCUT2D eigenvalue weighted by atomic mass is 9.85. The summed E-state index contributed by atoms with van der Waals surface area (Å²) in [6, 6.07) is 0.241. The molecule has 0 bridgehead atoms. The number of hydrogen-bond donors (Lipinski definition) is 1. The Morgan fingerprint density at radius 3 is 2.19 bits per heavy atom. The van der Waals surface area contributed by atoms with E-state index >= 15 is 0 Å². The maximum Gasteiger partial charge on any atom is 0.225 e. The molecule has 1 aliphatic heterocycles. The molecule has 122 valence electrons. The van der Waals surface area contributed by atoms with E-state index in [4.69, 9.17) is 5.73 Å². The van der Waals surface area contributed by atoms with Crippen LogP contribution in [-0.2, 0) is 14.8 Å². The predicted octanol–water partition coefficient (Wildman–Crippen LogP) is 0.388. The van der Waals surface area contributed by atoms with E-state index in [1.165, 1.54) is 4.31 Å². The average Bonchev–Trinajstić information content (AvgIpc) is 2.47. The molecule has 0 radical (unpaired) electrons. The number of piperazine rings is 1. The van der Waals surface area contributed by atoms with Crippen molar-refractivity contribution in [2.45, 2.75) is 45.1 Å². The second kappa shape index (κ2) is 7.07. The Balaban J connectivity index is 1.85. The van der Waals surface area contributed by atoms with Crippen molar-refractivity contribution in [1.29, 1.82) is 0 Å². The highest BCUT2D eigenvalue weighted by Gasteiger charge is 2.32. The molecule has 1 saturated heterocycles. The largest absolute Gasteiger partial charge is 0.340 e.